The molecule has 6 atom stereocenters. The van der Waals surface area contributed by atoms with Gasteiger partial charge in [0.1, 0.15) is 18.8 Å². The number of carboxylic acid groups (broad SMARTS) is 1. The van der Waals surface area contributed by atoms with Crippen molar-refractivity contribution in [2.45, 2.75) is 302 Å². The van der Waals surface area contributed by atoms with E-state index in [0.29, 0.717) is 25.7 Å². The fourth-order valence-electron chi connectivity index (χ4n) is 9.02. The molecule has 0 radical (unpaired) electrons. The summed E-state index contributed by atoms with van der Waals surface area (Å²) in [7, 11) is 0. The van der Waals surface area contributed by atoms with E-state index in [1.807, 2.05) is 18.2 Å². The van der Waals surface area contributed by atoms with E-state index in [1.54, 1.807) is 0 Å². The largest absolute Gasteiger partial charge is 0.479 e. The van der Waals surface area contributed by atoms with Gasteiger partial charge in [-0.25, -0.2) is 4.79 Å². The second-order valence-corrected chi connectivity index (χ2v) is 20.9. The molecule has 0 saturated carbocycles. The number of rotatable bonds is 52. The molecule has 1 aliphatic heterocycles. The highest BCUT2D eigenvalue weighted by molar-refractivity contribution is 5.74. The van der Waals surface area contributed by atoms with Crippen molar-refractivity contribution >= 4 is 23.9 Å². The van der Waals surface area contributed by atoms with Crippen molar-refractivity contribution in [1.82, 2.24) is 0 Å². The van der Waals surface area contributed by atoms with Gasteiger partial charge in [-0.2, -0.15) is 0 Å². The van der Waals surface area contributed by atoms with Crippen molar-refractivity contribution in [2.75, 3.05) is 13.2 Å². The lowest BCUT2D eigenvalue weighted by atomic mass is 9.98. The molecule has 0 aromatic rings. The summed E-state index contributed by atoms with van der Waals surface area (Å²) in [5, 5.41) is 31.5. The number of carboxylic acids is 1. The first kappa shape index (κ1) is 71.2. The van der Waals surface area contributed by atoms with E-state index in [0.717, 1.165) is 77.0 Å². The Morgan fingerprint density at radius 1 is 0.442 bits per heavy atom. The number of hydrogen-bond donors (Lipinski definition) is 3. The van der Waals surface area contributed by atoms with Gasteiger partial charge in [0.15, 0.2) is 24.6 Å². The van der Waals surface area contributed by atoms with Crippen LogP contribution in [0.25, 0.3) is 0 Å². The molecular weight excluding hydrogens is 973 g/mol. The molecule has 1 rings (SSSR count). The van der Waals surface area contributed by atoms with Gasteiger partial charge in [-0.15, -0.1) is 0 Å². The summed E-state index contributed by atoms with van der Waals surface area (Å²) in [6.07, 6.45) is 54.6. The van der Waals surface area contributed by atoms with Crippen LogP contribution in [0.4, 0.5) is 0 Å². The predicted molar refractivity (Wildman–Crippen MR) is 312 cm³/mol. The van der Waals surface area contributed by atoms with Crippen molar-refractivity contribution in [3.05, 3.63) is 72.9 Å². The maximum absolute atomic E-state index is 13.2. The average molecular weight is 1080 g/mol. The zero-order valence-corrected chi connectivity index (χ0v) is 48.7. The number of ether oxygens (including phenoxy) is 5. The number of aliphatic carboxylic acids is 1. The number of aliphatic hydroxyl groups is 2. The Labute approximate surface area is 468 Å². The number of aliphatic hydroxyl groups excluding tert-OH is 2. The molecule has 0 bridgehead atoms. The lowest BCUT2D eigenvalue weighted by molar-refractivity contribution is -0.301. The van der Waals surface area contributed by atoms with Gasteiger partial charge in [0.2, 0.25) is 0 Å². The second kappa shape index (κ2) is 52.8. The molecule has 1 fully saturated rings. The minimum absolute atomic E-state index is 0.0624. The van der Waals surface area contributed by atoms with Crippen LogP contribution in [0.15, 0.2) is 72.9 Å². The highest BCUT2D eigenvalue weighted by atomic mass is 16.7. The summed E-state index contributed by atoms with van der Waals surface area (Å²) in [5.41, 5.74) is 0. The van der Waals surface area contributed by atoms with E-state index in [-0.39, 0.29) is 25.9 Å². The third-order valence-corrected chi connectivity index (χ3v) is 13.8. The summed E-state index contributed by atoms with van der Waals surface area (Å²) in [6, 6.07) is 0. The first-order valence-corrected chi connectivity index (χ1v) is 30.9. The summed E-state index contributed by atoms with van der Waals surface area (Å²) in [4.78, 5) is 51.1. The third-order valence-electron chi connectivity index (χ3n) is 13.8. The number of unbranched alkanes of at least 4 members (excludes halogenated alkanes) is 26. The third kappa shape index (κ3) is 42.7. The van der Waals surface area contributed by atoms with Crippen molar-refractivity contribution in [3.63, 3.8) is 0 Å². The maximum atomic E-state index is 13.2. The number of carbonyl (C=O) groups is 4. The molecule has 3 N–H and O–H groups in total. The quantitative estimate of drug-likeness (QED) is 0.0228. The van der Waals surface area contributed by atoms with E-state index in [2.05, 4.69) is 75.5 Å². The van der Waals surface area contributed by atoms with Crippen LogP contribution in [-0.4, -0.2) is 89.2 Å². The fourth-order valence-corrected chi connectivity index (χ4v) is 9.02. The Balaban J connectivity index is 2.71. The number of allylic oxidation sites excluding steroid dienone is 12. The minimum atomic E-state index is -1.93. The van der Waals surface area contributed by atoms with Gasteiger partial charge in [0.25, 0.3) is 0 Å². The Morgan fingerprint density at radius 3 is 1.30 bits per heavy atom. The molecule has 1 heterocycles. The summed E-state index contributed by atoms with van der Waals surface area (Å²) >= 11 is 0. The lowest BCUT2D eigenvalue weighted by Crippen LogP contribution is -2.61. The van der Waals surface area contributed by atoms with Gasteiger partial charge in [-0.05, 0) is 96.3 Å². The first-order chi connectivity index (χ1) is 37.6. The molecule has 1 aliphatic rings. The molecule has 6 unspecified atom stereocenters. The number of carbonyl (C=O) groups excluding carboxylic acids is 3. The van der Waals surface area contributed by atoms with Crippen LogP contribution in [0, 0.1) is 0 Å². The smallest absolute Gasteiger partial charge is 0.335 e. The van der Waals surface area contributed by atoms with Crippen LogP contribution < -0.4 is 0 Å². The molecule has 0 spiro atoms. The van der Waals surface area contributed by atoms with Gasteiger partial charge in [0, 0.05) is 19.3 Å². The van der Waals surface area contributed by atoms with Crippen molar-refractivity contribution in [2.24, 2.45) is 0 Å². The maximum Gasteiger partial charge on any atom is 0.335 e. The van der Waals surface area contributed by atoms with Crippen LogP contribution in [-0.2, 0) is 42.9 Å². The fraction of sp³-hybridized carbons (Fsp3) is 0.754. The molecule has 77 heavy (non-hydrogen) atoms. The topological polar surface area (TPSA) is 175 Å². The second-order valence-electron chi connectivity index (χ2n) is 20.9. The molecule has 0 aromatic carbocycles. The molecule has 0 aliphatic carbocycles. The van der Waals surface area contributed by atoms with Gasteiger partial charge in [0.05, 0.1) is 6.61 Å². The predicted octanol–water partition coefficient (Wildman–Crippen LogP) is 16.1. The molecule has 442 valence electrons. The summed E-state index contributed by atoms with van der Waals surface area (Å²) < 4.78 is 28.4. The molecule has 1 saturated heterocycles. The molecular formula is C65H110O12. The molecule has 0 amide bonds. The van der Waals surface area contributed by atoms with Gasteiger partial charge < -0.3 is 39.0 Å². The van der Waals surface area contributed by atoms with Gasteiger partial charge in [-0.3, -0.25) is 14.4 Å². The van der Waals surface area contributed by atoms with Crippen LogP contribution in [0.1, 0.15) is 265 Å². The SMILES string of the molecule is CC/C=C\C/C=C\C/C=C\C/C=C\CCC(=O)OC1C(OCC(COC(=O)CCCCCCCCC/C=C\CCCCCCCC)OC(=O)CCCCCCCCC/C=C\CCCCCCCC)OC(C(=O)O)C(O)C1O. The van der Waals surface area contributed by atoms with E-state index in [9.17, 15) is 34.5 Å². The van der Waals surface area contributed by atoms with Crippen molar-refractivity contribution < 1.29 is 58.2 Å². The zero-order valence-electron chi connectivity index (χ0n) is 48.7. The van der Waals surface area contributed by atoms with Gasteiger partial charge in [-0.1, -0.05) is 222 Å². The van der Waals surface area contributed by atoms with Crippen molar-refractivity contribution in [1.29, 1.82) is 0 Å². The van der Waals surface area contributed by atoms with E-state index in [1.165, 1.54) is 122 Å². The Hall–Kier alpha value is -3.84. The lowest BCUT2D eigenvalue weighted by Gasteiger charge is -2.40. The Bertz CT molecular complexity index is 1620. The first-order valence-electron chi connectivity index (χ1n) is 30.9. The number of esters is 3. The van der Waals surface area contributed by atoms with Crippen LogP contribution >= 0.6 is 0 Å². The van der Waals surface area contributed by atoms with E-state index >= 15 is 0 Å². The Morgan fingerprint density at radius 2 is 0.844 bits per heavy atom. The van der Waals surface area contributed by atoms with E-state index in [4.69, 9.17) is 23.7 Å². The Kier molecular flexibility index (Phi) is 48.8. The zero-order chi connectivity index (χ0) is 56.1. The highest BCUT2D eigenvalue weighted by Gasteiger charge is 2.50. The van der Waals surface area contributed by atoms with Crippen LogP contribution in [0.3, 0.4) is 0 Å². The van der Waals surface area contributed by atoms with Crippen molar-refractivity contribution in [3.8, 4) is 0 Å². The average Bonchev–Trinajstić information content (AvgIpc) is 3.42. The summed E-state index contributed by atoms with van der Waals surface area (Å²) in [5.74, 6) is -3.23. The molecule has 12 nitrogen and oxygen atoms in total. The minimum Gasteiger partial charge on any atom is -0.479 e. The molecule has 12 heteroatoms. The normalized spacial score (nSPS) is 18.5. The highest BCUT2D eigenvalue weighted by Crippen LogP contribution is 2.26. The molecule has 0 aromatic heterocycles. The number of hydrogen-bond acceptors (Lipinski definition) is 11. The van der Waals surface area contributed by atoms with Crippen LogP contribution in [0.2, 0.25) is 0 Å². The summed E-state index contributed by atoms with van der Waals surface area (Å²) in [6.45, 7) is 5.84. The van der Waals surface area contributed by atoms with Crippen LogP contribution in [0.5, 0.6) is 0 Å². The standard InChI is InChI=1S/C65H110O12/c1-4-7-10-13-16-19-22-25-27-29-31-34-36-39-42-45-48-51-57(66)73-54-56(75-58(67)52-49-46-43-40-38-35-32-30-28-26-23-20-17-14-11-8-5-2)55-74-65-63(61(70)60(69)62(77-65)64(71)72)76-59(68)53-50-47-44-41-37-33-24-21-18-15-12-9-6-3/h9,12,18,21,25-28,33,37,44,47,56,60-63,65,69-70H,4-8,10-11,13-17,19-20,22-24,29-32,34-36,38-43,45-46,48-55H2,1-3H3,(H,71,72)/b12-9-,21-18-,27-25-,28-26-,37-33-,47-44-. The van der Waals surface area contributed by atoms with E-state index < -0.39 is 67.3 Å². The van der Waals surface area contributed by atoms with Gasteiger partial charge >= 0.3 is 23.9 Å². The monoisotopic (exact) mass is 1080 g/mol.